The van der Waals surface area contributed by atoms with E-state index in [1.165, 1.54) is 14.2 Å². The Kier molecular flexibility index (Phi) is 5.25. The number of carbonyl (C=O) groups excluding carboxylic acids is 2. The molecule has 22 heavy (non-hydrogen) atoms. The molecule has 0 aliphatic heterocycles. The van der Waals surface area contributed by atoms with Crippen LogP contribution < -0.4 is 14.8 Å². The zero-order chi connectivity index (χ0) is 16.1. The summed E-state index contributed by atoms with van der Waals surface area (Å²) in [4.78, 5) is 25.7. The molecule has 6 nitrogen and oxygen atoms in total. The molecule has 0 radical (unpaired) electrons. The van der Waals surface area contributed by atoms with E-state index in [0.29, 0.717) is 36.2 Å². The van der Waals surface area contributed by atoms with E-state index in [-0.39, 0.29) is 11.8 Å². The van der Waals surface area contributed by atoms with Gasteiger partial charge in [-0.15, -0.1) is 0 Å². The van der Waals surface area contributed by atoms with Gasteiger partial charge in [-0.2, -0.15) is 0 Å². The second-order valence-electron chi connectivity index (χ2n) is 5.24. The Labute approximate surface area is 130 Å². The maximum absolute atomic E-state index is 12.4. The molecule has 2 rings (SSSR count). The van der Waals surface area contributed by atoms with Crippen LogP contribution in [0.25, 0.3) is 0 Å². The molecule has 1 N–H and O–H groups in total. The molecule has 6 heteroatoms. The number of rotatable bonds is 7. The van der Waals surface area contributed by atoms with E-state index in [1.54, 1.807) is 30.0 Å². The minimum atomic E-state index is -0.270. The second-order valence-corrected chi connectivity index (χ2v) is 5.24. The van der Waals surface area contributed by atoms with Crippen LogP contribution >= 0.6 is 0 Å². The molecule has 1 aliphatic carbocycles. The van der Waals surface area contributed by atoms with Crippen LogP contribution in [0.15, 0.2) is 18.2 Å². The molecule has 1 aromatic rings. The molecule has 1 aromatic carbocycles. The first-order chi connectivity index (χ1) is 10.6. The predicted molar refractivity (Wildman–Crippen MR) is 82.3 cm³/mol. The van der Waals surface area contributed by atoms with Crippen LogP contribution in [0.5, 0.6) is 11.5 Å². The van der Waals surface area contributed by atoms with Crippen LogP contribution in [0.4, 0.5) is 0 Å². The molecule has 0 saturated heterocycles. The Hall–Kier alpha value is -2.24. The number of methoxy groups -OCH3 is 2. The fourth-order valence-electron chi connectivity index (χ4n) is 2.44. The Balaban J connectivity index is 1.99. The first-order valence-corrected chi connectivity index (χ1v) is 7.35. The molecule has 0 unspecified atom stereocenters. The number of carbonyl (C=O) groups is 2. The summed E-state index contributed by atoms with van der Waals surface area (Å²) < 4.78 is 10.4. The normalized spacial score (nSPS) is 13.4. The molecule has 1 fully saturated rings. The van der Waals surface area contributed by atoms with Crippen molar-refractivity contribution in [3.05, 3.63) is 23.8 Å². The van der Waals surface area contributed by atoms with E-state index < -0.39 is 0 Å². The maximum atomic E-state index is 12.4. The minimum absolute atomic E-state index is 0.0478. The fraction of sp³-hybridized carbons (Fsp3) is 0.500. The highest BCUT2D eigenvalue weighted by Gasteiger charge is 2.30. The SMILES string of the molecule is COc1cccc(OC)c1C(=O)NCCN(C(C)=O)C1CC1. The summed E-state index contributed by atoms with van der Waals surface area (Å²) in [5.74, 6) is 0.699. The van der Waals surface area contributed by atoms with Crippen LogP contribution in [0.3, 0.4) is 0 Å². The molecule has 120 valence electrons. The van der Waals surface area contributed by atoms with E-state index in [9.17, 15) is 9.59 Å². The van der Waals surface area contributed by atoms with Gasteiger partial charge in [-0.25, -0.2) is 0 Å². The monoisotopic (exact) mass is 306 g/mol. The topological polar surface area (TPSA) is 67.9 Å². The van der Waals surface area contributed by atoms with Gasteiger partial charge < -0.3 is 19.7 Å². The van der Waals surface area contributed by atoms with Crippen molar-refractivity contribution in [3.8, 4) is 11.5 Å². The van der Waals surface area contributed by atoms with Crippen LogP contribution in [0.2, 0.25) is 0 Å². The van der Waals surface area contributed by atoms with Crippen LogP contribution in [0.1, 0.15) is 30.1 Å². The largest absolute Gasteiger partial charge is 0.496 e. The number of hydrogen-bond donors (Lipinski definition) is 1. The molecular formula is C16H22N2O4. The van der Waals surface area contributed by atoms with Gasteiger partial charge in [0, 0.05) is 26.1 Å². The van der Waals surface area contributed by atoms with Gasteiger partial charge in [-0.3, -0.25) is 9.59 Å². The number of hydrogen-bond acceptors (Lipinski definition) is 4. The third-order valence-corrected chi connectivity index (χ3v) is 3.69. The Bertz CT molecular complexity index is 533. The first-order valence-electron chi connectivity index (χ1n) is 7.35. The summed E-state index contributed by atoms with van der Waals surface area (Å²) in [6.07, 6.45) is 2.10. The standard InChI is InChI=1S/C16H22N2O4/c1-11(19)18(12-7-8-12)10-9-17-16(20)15-13(21-2)5-4-6-14(15)22-3/h4-6,12H,7-10H2,1-3H3,(H,17,20). The minimum Gasteiger partial charge on any atom is -0.496 e. The Morgan fingerprint density at radius 2 is 1.82 bits per heavy atom. The van der Waals surface area contributed by atoms with Gasteiger partial charge in [0.2, 0.25) is 5.91 Å². The number of ether oxygens (including phenoxy) is 2. The van der Waals surface area contributed by atoms with Gasteiger partial charge in [0.05, 0.1) is 14.2 Å². The lowest BCUT2D eigenvalue weighted by Crippen LogP contribution is -2.38. The summed E-state index contributed by atoms with van der Waals surface area (Å²) >= 11 is 0. The third kappa shape index (κ3) is 3.69. The van der Waals surface area contributed by atoms with Gasteiger partial charge in [0.25, 0.3) is 5.91 Å². The molecule has 1 saturated carbocycles. The quantitative estimate of drug-likeness (QED) is 0.828. The molecule has 2 amide bonds. The summed E-state index contributed by atoms with van der Waals surface area (Å²) in [5, 5.41) is 2.82. The van der Waals surface area contributed by atoms with Gasteiger partial charge in [0.15, 0.2) is 0 Å². The number of nitrogens with zero attached hydrogens (tertiary/aromatic N) is 1. The van der Waals surface area contributed by atoms with Gasteiger partial charge in [-0.1, -0.05) is 6.07 Å². The van der Waals surface area contributed by atoms with E-state index in [0.717, 1.165) is 12.8 Å². The highest BCUT2D eigenvalue weighted by Crippen LogP contribution is 2.28. The van der Waals surface area contributed by atoms with Crippen molar-refractivity contribution in [1.82, 2.24) is 10.2 Å². The highest BCUT2D eigenvalue weighted by atomic mass is 16.5. The average molecular weight is 306 g/mol. The van der Waals surface area contributed by atoms with E-state index >= 15 is 0 Å². The molecule has 0 bridgehead atoms. The molecule has 0 spiro atoms. The van der Waals surface area contributed by atoms with Crippen molar-refractivity contribution in [1.29, 1.82) is 0 Å². The summed E-state index contributed by atoms with van der Waals surface area (Å²) in [6, 6.07) is 5.53. The first kappa shape index (κ1) is 16.1. The molecule has 0 heterocycles. The third-order valence-electron chi connectivity index (χ3n) is 3.69. The van der Waals surface area contributed by atoms with Crippen molar-refractivity contribution in [2.45, 2.75) is 25.8 Å². The summed E-state index contributed by atoms with van der Waals surface area (Å²) in [7, 11) is 3.02. The van der Waals surface area contributed by atoms with E-state index in [4.69, 9.17) is 9.47 Å². The number of benzene rings is 1. The van der Waals surface area contributed by atoms with Gasteiger partial charge in [0.1, 0.15) is 17.1 Å². The van der Waals surface area contributed by atoms with Crippen molar-refractivity contribution in [2.24, 2.45) is 0 Å². The highest BCUT2D eigenvalue weighted by molar-refractivity contribution is 5.99. The summed E-state index contributed by atoms with van der Waals surface area (Å²) in [5.41, 5.74) is 0.369. The predicted octanol–water partition coefficient (Wildman–Crippen LogP) is 1.44. The lowest BCUT2D eigenvalue weighted by molar-refractivity contribution is -0.129. The molecule has 1 aliphatic rings. The Morgan fingerprint density at radius 1 is 1.23 bits per heavy atom. The van der Waals surface area contributed by atoms with Crippen molar-refractivity contribution >= 4 is 11.8 Å². The van der Waals surface area contributed by atoms with Crippen LogP contribution in [0, 0.1) is 0 Å². The summed E-state index contributed by atoms with van der Waals surface area (Å²) in [6.45, 7) is 2.47. The molecular weight excluding hydrogens is 284 g/mol. The average Bonchev–Trinajstić information content (AvgIpc) is 3.34. The van der Waals surface area contributed by atoms with E-state index in [2.05, 4.69) is 5.32 Å². The lowest BCUT2D eigenvalue weighted by Gasteiger charge is -2.21. The van der Waals surface area contributed by atoms with Crippen LogP contribution in [-0.4, -0.2) is 50.1 Å². The molecule has 0 atom stereocenters. The zero-order valence-corrected chi connectivity index (χ0v) is 13.2. The zero-order valence-electron chi connectivity index (χ0n) is 13.2. The number of nitrogens with one attached hydrogen (secondary N) is 1. The Morgan fingerprint density at radius 3 is 2.27 bits per heavy atom. The van der Waals surface area contributed by atoms with Crippen LogP contribution in [-0.2, 0) is 4.79 Å². The van der Waals surface area contributed by atoms with Gasteiger partial charge in [-0.05, 0) is 25.0 Å². The van der Waals surface area contributed by atoms with Crippen molar-refractivity contribution < 1.29 is 19.1 Å². The second kappa shape index (κ2) is 7.15. The van der Waals surface area contributed by atoms with Crippen molar-refractivity contribution in [2.75, 3.05) is 27.3 Å². The van der Waals surface area contributed by atoms with Gasteiger partial charge >= 0.3 is 0 Å². The van der Waals surface area contributed by atoms with E-state index in [1.807, 2.05) is 0 Å². The number of amides is 2. The fourth-order valence-corrected chi connectivity index (χ4v) is 2.44. The smallest absolute Gasteiger partial charge is 0.258 e. The maximum Gasteiger partial charge on any atom is 0.258 e. The van der Waals surface area contributed by atoms with Crippen molar-refractivity contribution in [3.63, 3.8) is 0 Å². The lowest BCUT2D eigenvalue weighted by atomic mass is 10.1. The molecule has 0 aromatic heterocycles.